The third kappa shape index (κ3) is 2.35. The normalized spacial score (nSPS) is 51.8. The van der Waals surface area contributed by atoms with Gasteiger partial charge in [0.25, 0.3) is 0 Å². The summed E-state index contributed by atoms with van der Waals surface area (Å²) in [4.78, 5) is 0. The summed E-state index contributed by atoms with van der Waals surface area (Å²) in [6.07, 6.45) is 8.69. The first kappa shape index (κ1) is 19.8. The van der Waals surface area contributed by atoms with Gasteiger partial charge in [-0.3, -0.25) is 0 Å². The van der Waals surface area contributed by atoms with E-state index >= 15 is 0 Å². The van der Waals surface area contributed by atoms with Crippen LogP contribution < -0.4 is 4.73 Å². The molecule has 1 heterocycles. The average molecular weight is 402 g/mol. The molecule has 0 aliphatic heterocycles. The molecule has 160 valence electrons. The summed E-state index contributed by atoms with van der Waals surface area (Å²) in [5, 5.41) is 46.8. The molecule has 0 amide bonds. The number of fused-ring (bicyclic) bond motifs is 5. The minimum atomic E-state index is -1.31. The van der Waals surface area contributed by atoms with Gasteiger partial charge in [-0.2, -0.15) is 4.73 Å². The van der Waals surface area contributed by atoms with Crippen LogP contribution >= 0.6 is 0 Å². The molecule has 0 spiro atoms. The van der Waals surface area contributed by atoms with Gasteiger partial charge >= 0.3 is 0 Å². The Bertz CT molecular complexity index is 816. The fourth-order valence-electron chi connectivity index (χ4n) is 8.38. The topological polar surface area (TPSA) is 87.6 Å². The Hall–Kier alpha value is -1.17. The second-order valence-corrected chi connectivity index (χ2v) is 11.0. The molecule has 0 aromatic carbocycles. The van der Waals surface area contributed by atoms with Crippen molar-refractivity contribution < 1.29 is 20.0 Å². The van der Waals surface area contributed by atoms with Crippen LogP contribution in [0.25, 0.3) is 0 Å². The van der Waals surface area contributed by atoms with Crippen molar-refractivity contribution in [2.45, 2.75) is 88.9 Å². The van der Waals surface area contributed by atoms with E-state index in [1.165, 1.54) is 6.20 Å². The van der Waals surface area contributed by atoms with E-state index in [1.807, 2.05) is 6.92 Å². The maximum Gasteiger partial charge on any atom is 0.225 e. The monoisotopic (exact) mass is 401 g/mol. The highest BCUT2D eigenvalue weighted by Crippen LogP contribution is 2.71. The number of rotatable bonds is 1. The molecular weight excluding hydrogens is 366 g/mol. The van der Waals surface area contributed by atoms with Gasteiger partial charge in [-0.05, 0) is 87.0 Å². The highest BCUT2D eigenvalue weighted by molar-refractivity contribution is 5.26. The number of hydrogen-bond acceptors (Lipinski definition) is 4. The summed E-state index contributed by atoms with van der Waals surface area (Å²) in [6.45, 7) is 4.40. The van der Waals surface area contributed by atoms with Gasteiger partial charge in [-0.1, -0.05) is 13.8 Å². The third-order valence-corrected chi connectivity index (χ3v) is 10.2. The minimum Gasteiger partial charge on any atom is -0.618 e. The molecule has 1 aromatic heterocycles. The first-order valence-corrected chi connectivity index (χ1v) is 11.5. The molecule has 29 heavy (non-hydrogen) atoms. The van der Waals surface area contributed by atoms with Crippen molar-refractivity contribution in [3.63, 3.8) is 0 Å². The largest absolute Gasteiger partial charge is 0.618 e. The lowest BCUT2D eigenvalue weighted by Gasteiger charge is -2.64. The Morgan fingerprint density at radius 2 is 1.76 bits per heavy atom. The lowest BCUT2D eigenvalue weighted by molar-refractivity contribution is -0.625. The van der Waals surface area contributed by atoms with E-state index in [4.69, 9.17) is 0 Å². The third-order valence-electron chi connectivity index (χ3n) is 10.2. The van der Waals surface area contributed by atoms with Crippen LogP contribution in [0.5, 0.6) is 0 Å². The van der Waals surface area contributed by atoms with Crippen molar-refractivity contribution in [3.05, 3.63) is 35.3 Å². The van der Waals surface area contributed by atoms with Crippen LogP contribution in [0.15, 0.2) is 24.4 Å². The Morgan fingerprint density at radius 1 is 0.966 bits per heavy atom. The average Bonchev–Trinajstić information content (AvgIpc) is 2.91. The van der Waals surface area contributed by atoms with Crippen molar-refractivity contribution in [2.24, 2.45) is 28.6 Å². The van der Waals surface area contributed by atoms with Crippen molar-refractivity contribution in [1.82, 2.24) is 0 Å². The van der Waals surface area contributed by atoms with Crippen molar-refractivity contribution in [2.75, 3.05) is 0 Å². The molecule has 5 rings (SSSR count). The SMILES string of the molecule is C[C@]12CCC(O)CC1CC[C@@H]1[C@H]2CC[C@]2(C)C(O)(c3cccc[n+]3[O-])CC[C@@]12O. The fourth-order valence-corrected chi connectivity index (χ4v) is 8.38. The quantitative estimate of drug-likeness (QED) is 0.499. The Kier molecular flexibility index (Phi) is 4.21. The summed E-state index contributed by atoms with van der Waals surface area (Å²) in [6, 6.07) is 5.20. The zero-order valence-corrected chi connectivity index (χ0v) is 17.7. The van der Waals surface area contributed by atoms with Gasteiger partial charge in [0, 0.05) is 17.5 Å². The zero-order valence-electron chi connectivity index (χ0n) is 17.7. The van der Waals surface area contributed by atoms with Crippen LogP contribution in [-0.2, 0) is 5.60 Å². The van der Waals surface area contributed by atoms with Gasteiger partial charge in [0.2, 0.25) is 5.69 Å². The summed E-state index contributed by atoms with van der Waals surface area (Å²) in [5.74, 6) is 1.10. The van der Waals surface area contributed by atoms with Crippen LogP contribution in [-0.4, -0.2) is 27.0 Å². The number of aliphatic hydroxyl groups is 3. The van der Waals surface area contributed by atoms with Gasteiger partial charge in [0.1, 0.15) is 0 Å². The number of nitrogens with zero attached hydrogens (tertiary/aromatic N) is 1. The predicted octanol–water partition coefficient (Wildman–Crippen LogP) is 3.03. The van der Waals surface area contributed by atoms with Gasteiger partial charge in [-0.15, -0.1) is 0 Å². The highest BCUT2D eigenvalue weighted by atomic mass is 16.5. The number of aromatic nitrogens is 1. The van der Waals surface area contributed by atoms with Gasteiger partial charge in [0.15, 0.2) is 11.8 Å². The molecule has 4 aliphatic rings. The van der Waals surface area contributed by atoms with Crippen molar-refractivity contribution in [1.29, 1.82) is 0 Å². The maximum atomic E-state index is 12.5. The van der Waals surface area contributed by atoms with Crippen LogP contribution in [0.4, 0.5) is 0 Å². The molecule has 4 aliphatic carbocycles. The molecule has 5 heteroatoms. The molecule has 3 N–H and O–H groups in total. The van der Waals surface area contributed by atoms with Gasteiger partial charge < -0.3 is 20.5 Å². The molecule has 8 atom stereocenters. The summed E-state index contributed by atoms with van der Waals surface area (Å²) < 4.78 is 0.782. The number of aliphatic hydroxyl groups excluding tert-OH is 1. The lowest BCUT2D eigenvalue weighted by atomic mass is 9.43. The van der Waals surface area contributed by atoms with Crippen LogP contribution in [0.3, 0.4) is 0 Å². The van der Waals surface area contributed by atoms with Crippen LogP contribution in [0.1, 0.15) is 77.3 Å². The fraction of sp³-hybridized carbons (Fsp3) is 0.792. The summed E-state index contributed by atoms with van der Waals surface area (Å²) in [7, 11) is 0. The van der Waals surface area contributed by atoms with E-state index in [9.17, 15) is 20.5 Å². The molecule has 0 bridgehead atoms. The van der Waals surface area contributed by atoms with Crippen molar-refractivity contribution >= 4 is 0 Å². The van der Waals surface area contributed by atoms with E-state index in [-0.39, 0.29) is 17.4 Å². The predicted molar refractivity (Wildman–Crippen MR) is 108 cm³/mol. The van der Waals surface area contributed by atoms with Crippen LogP contribution in [0, 0.1) is 33.8 Å². The zero-order chi connectivity index (χ0) is 20.7. The maximum absolute atomic E-state index is 12.5. The summed E-state index contributed by atoms with van der Waals surface area (Å²) >= 11 is 0. The van der Waals surface area contributed by atoms with E-state index in [1.54, 1.807) is 18.2 Å². The van der Waals surface area contributed by atoms with Crippen molar-refractivity contribution in [3.8, 4) is 0 Å². The molecule has 0 saturated heterocycles. The lowest BCUT2D eigenvalue weighted by Crippen LogP contribution is -2.65. The standard InChI is InChI=1S/C24H35NO4/c1-21-10-8-17(26)15-16(21)6-7-19-18(21)9-11-22(2)23(19,27)12-13-24(22,28)20-5-3-4-14-25(20)29/h3-5,14,16-19,26-28H,6-13,15H2,1-2H3/t16?,17?,18-,19-,21+,22+,23-,24?/m1/s1. The second-order valence-electron chi connectivity index (χ2n) is 11.0. The second kappa shape index (κ2) is 6.18. The first-order chi connectivity index (χ1) is 13.7. The highest BCUT2D eigenvalue weighted by Gasteiger charge is 2.73. The molecule has 3 unspecified atom stereocenters. The van der Waals surface area contributed by atoms with E-state index in [0.29, 0.717) is 30.4 Å². The van der Waals surface area contributed by atoms with E-state index < -0.39 is 16.6 Å². The minimum absolute atomic E-state index is 0.149. The molecule has 5 nitrogen and oxygen atoms in total. The Labute approximate surface area is 173 Å². The smallest absolute Gasteiger partial charge is 0.225 e. The summed E-state index contributed by atoms with van der Waals surface area (Å²) in [5.41, 5.74) is -2.47. The van der Waals surface area contributed by atoms with Gasteiger partial charge in [0.05, 0.1) is 11.7 Å². The Morgan fingerprint density at radius 3 is 2.52 bits per heavy atom. The van der Waals surface area contributed by atoms with E-state index in [2.05, 4.69) is 6.92 Å². The molecular formula is C24H35NO4. The molecule has 0 radical (unpaired) electrons. The Balaban J connectivity index is 1.54. The van der Waals surface area contributed by atoms with E-state index in [0.717, 1.165) is 49.7 Å². The first-order valence-electron chi connectivity index (χ1n) is 11.5. The van der Waals surface area contributed by atoms with Gasteiger partial charge in [-0.25, -0.2) is 0 Å². The molecule has 1 aromatic rings. The number of pyridine rings is 1. The number of hydrogen-bond donors (Lipinski definition) is 3. The molecule has 4 saturated carbocycles. The molecule has 4 fully saturated rings. The van der Waals surface area contributed by atoms with Crippen LogP contribution in [0.2, 0.25) is 0 Å².